The average Bonchev–Trinajstić information content (AvgIpc) is 2.67. The molecule has 1 aliphatic rings. The molecule has 1 aliphatic heterocycles. The Labute approximate surface area is 156 Å². The molecule has 0 amide bonds. The lowest BCUT2D eigenvalue weighted by atomic mass is 9.87. The van der Waals surface area contributed by atoms with E-state index in [2.05, 4.69) is 0 Å². The van der Waals surface area contributed by atoms with Crippen molar-refractivity contribution in [1.82, 2.24) is 0 Å². The van der Waals surface area contributed by atoms with Gasteiger partial charge in [-0.1, -0.05) is 6.07 Å². The predicted molar refractivity (Wildman–Crippen MR) is 93.9 cm³/mol. The van der Waals surface area contributed by atoms with Gasteiger partial charge in [-0.3, -0.25) is 0 Å². The van der Waals surface area contributed by atoms with Crippen LogP contribution in [-0.4, -0.2) is 16.8 Å². The molecule has 0 radical (unpaired) electrons. The SMILES string of the molecule is Oc1ccc2c(c1)OCC(c1cc(F)c(F)c(F)c1)=C2c1ccc(O)c(F)c1. The minimum atomic E-state index is -1.59. The fourth-order valence-electron chi connectivity index (χ4n) is 3.17. The molecule has 4 rings (SSSR count). The Morgan fingerprint density at radius 2 is 1.43 bits per heavy atom. The summed E-state index contributed by atoms with van der Waals surface area (Å²) >= 11 is 0. The summed E-state index contributed by atoms with van der Waals surface area (Å²) in [6, 6.07) is 9.58. The normalized spacial score (nSPS) is 13.3. The minimum Gasteiger partial charge on any atom is -0.508 e. The number of hydrogen-bond acceptors (Lipinski definition) is 3. The number of aromatic hydroxyl groups is 2. The van der Waals surface area contributed by atoms with Gasteiger partial charge in [0, 0.05) is 17.2 Å². The standard InChI is InChI=1S/C21H12F4O3/c22-15-5-10(1-4-18(15)27)20-13-3-2-12(26)8-19(13)28-9-14(20)11-6-16(23)21(25)17(24)7-11/h1-8,26-27H,9H2. The van der Waals surface area contributed by atoms with Gasteiger partial charge in [-0.2, -0.15) is 0 Å². The average molecular weight is 388 g/mol. The zero-order valence-electron chi connectivity index (χ0n) is 14.1. The van der Waals surface area contributed by atoms with Gasteiger partial charge in [-0.15, -0.1) is 0 Å². The van der Waals surface area contributed by atoms with Gasteiger partial charge in [-0.05, 0) is 53.1 Å². The first kappa shape index (κ1) is 17.9. The molecule has 0 saturated heterocycles. The van der Waals surface area contributed by atoms with Crippen molar-refractivity contribution < 1.29 is 32.5 Å². The van der Waals surface area contributed by atoms with E-state index in [9.17, 15) is 27.8 Å². The van der Waals surface area contributed by atoms with Crippen LogP contribution in [0.2, 0.25) is 0 Å². The van der Waals surface area contributed by atoms with Crippen LogP contribution >= 0.6 is 0 Å². The smallest absolute Gasteiger partial charge is 0.194 e. The van der Waals surface area contributed by atoms with Crippen LogP contribution in [-0.2, 0) is 0 Å². The van der Waals surface area contributed by atoms with Crippen molar-refractivity contribution in [3.63, 3.8) is 0 Å². The van der Waals surface area contributed by atoms with Crippen molar-refractivity contribution in [2.45, 2.75) is 0 Å². The van der Waals surface area contributed by atoms with Crippen LogP contribution in [0.1, 0.15) is 16.7 Å². The molecule has 142 valence electrons. The zero-order chi connectivity index (χ0) is 20.0. The Balaban J connectivity index is 2.03. The Kier molecular flexibility index (Phi) is 4.22. The maximum atomic E-state index is 14.0. The molecule has 28 heavy (non-hydrogen) atoms. The number of ether oxygens (including phenoxy) is 1. The second-order valence-corrected chi connectivity index (χ2v) is 6.24. The van der Waals surface area contributed by atoms with Crippen molar-refractivity contribution in [2.75, 3.05) is 6.61 Å². The number of benzene rings is 3. The summed E-state index contributed by atoms with van der Waals surface area (Å²) < 4.78 is 60.5. The molecule has 0 bridgehead atoms. The molecule has 1 heterocycles. The Hall–Kier alpha value is -3.48. The van der Waals surface area contributed by atoms with Crippen LogP contribution in [0.4, 0.5) is 17.6 Å². The van der Waals surface area contributed by atoms with E-state index < -0.39 is 29.0 Å². The van der Waals surface area contributed by atoms with E-state index in [0.29, 0.717) is 22.3 Å². The maximum Gasteiger partial charge on any atom is 0.194 e. The quantitative estimate of drug-likeness (QED) is 0.480. The van der Waals surface area contributed by atoms with E-state index in [1.165, 1.54) is 24.3 Å². The maximum absolute atomic E-state index is 14.0. The second-order valence-electron chi connectivity index (χ2n) is 6.24. The molecule has 3 aromatic carbocycles. The number of hydrogen-bond donors (Lipinski definition) is 2. The molecule has 0 spiro atoms. The number of fused-ring (bicyclic) bond motifs is 1. The van der Waals surface area contributed by atoms with Crippen molar-refractivity contribution in [3.05, 3.63) is 88.5 Å². The van der Waals surface area contributed by atoms with E-state index in [4.69, 9.17) is 4.74 Å². The highest BCUT2D eigenvalue weighted by Crippen LogP contribution is 2.43. The van der Waals surface area contributed by atoms with Crippen LogP contribution in [0.5, 0.6) is 17.2 Å². The van der Waals surface area contributed by atoms with Crippen molar-refractivity contribution >= 4 is 11.1 Å². The van der Waals surface area contributed by atoms with Crippen LogP contribution in [0, 0.1) is 23.3 Å². The van der Waals surface area contributed by atoms with Gasteiger partial charge < -0.3 is 14.9 Å². The number of phenols is 2. The highest BCUT2D eigenvalue weighted by atomic mass is 19.2. The molecule has 0 unspecified atom stereocenters. The first-order valence-electron chi connectivity index (χ1n) is 8.18. The molecule has 0 aliphatic carbocycles. The summed E-state index contributed by atoms with van der Waals surface area (Å²) in [5, 5.41) is 19.2. The van der Waals surface area contributed by atoms with Crippen LogP contribution < -0.4 is 4.74 Å². The zero-order valence-corrected chi connectivity index (χ0v) is 14.1. The number of phenolic OH excluding ortho intramolecular Hbond substituents is 2. The lowest BCUT2D eigenvalue weighted by Crippen LogP contribution is -2.12. The molecule has 0 saturated carbocycles. The highest BCUT2D eigenvalue weighted by molar-refractivity contribution is 6.01. The summed E-state index contributed by atoms with van der Waals surface area (Å²) in [6.07, 6.45) is 0. The molecule has 0 atom stereocenters. The Morgan fingerprint density at radius 3 is 2.11 bits per heavy atom. The van der Waals surface area contributed by atoms with Gasteiger partial charge in [0.15, 0.2) is 29.0 Å². The molecule has 2 N–H and O–H groups in total. The third-order valence-corrected chi connectivity index (χ3v) is 4.48. The monoisotopic (exact) mass is 388 g/mol. The van der Waals surface area contributed by atoms with E-state index >= 15 is 0 Å². The fraction of sp³-hybridized carbons (Fsp3) is 0.0476. The summed E-state index contributed by atoms with van der Waals surface area (Å²) in [4.78, 5) is 0. The second kappa shape index (κ2) is 6.60. The van der Waals surface area contributed by atoms with Gasteiger partial charge in [0.05, 0.1) is 0 Å². The van der Waals surface area contributed by atoms with Gasteiger partial charge in [0.2, 0.25) is 0 Å². The number of rotatable bonds is 2. The van der Waals surface area contributed by atoms with Crippen LogP contribution in [0.3, 0.4) is 0 Å². The first-order valence-corrected chi connectivity index (χ1v) is 8.18. The molecule has 3 nitrogen and oxygen atoms in total. The van der Waals surface area contributed by atoms with E-state index in [1.54, 1.807) is 0 Å². The molecular formula is C21H12F4O3. The third-order valence-electron chi connectivity index (χ3n) is 4.48. The van der Waals surface area contributed by atoms with Crippen molar-refractivity contribution in [3.8, 4) is 17.2 Å². The van der Waals surface area contributed by atoms with Crippen LogP contribution in [0.25, 0.3) is 11.1 Å². The van der Waals surface area contributed by atoms with Gasteiger partial charge >= 0.3 is 0 Å². The minimum absolute atomic E-state index is 0.0265. The molecule has 0 fully saturated rings. The fourth-order valence-corrected chi connectivity index (χ4v) is 3.17. The van der Waals surface area contributed by atoms with E-state index in [-0.39, 0.29) is 23.7 Å². The van der Waals surface area contributed by atoms with E-state index in [1.807, 2.05) is 0 Å². The topological polar surface area (TPSA) is 49.7 Å². The summed E-state index contributed by atoms with van der Waals surface area (Å²) in [5.74, 6) is -5.53. The predicted octanol–water partition coefficient (Wildman–Crippen LogP) is 5.01. The van der Waals surface area contributed by atoms with Crippen LogP contribution in [0.15, 0.2) is 48.5 Å². The molecular weight excluding hydrogens is 376 g/mol. The van der Waals surface area contributed by atoms with Crippen molar-refractivity contribution in [1.29, 1.82) is 0 Å². The van der Waals surface area contributed by atoms with Crippen molar-refractivity contribution in [2.24, 2.45) is 0 Å². The molecule has 7 heteroatoms. The Bertz CT molecular complexity index is 1120. The summed E-state index contributed by atoms with van der Waals surface area (Å²) in [6.45, 7) is -0.154. The largest absolute Gasteiger partial charge is 0.508 e. The van der Waals surface area contributed by atoms with Gasteiger partial charge in [0.25, 0.3) is 0 Å². The van der Waals surface area contributed by atoms with Gasteiger partial charge in [-0.25, -0.2) is 17.6 Å². The summed E-state index contributed by atoms with van der Waals surface area (Å²) in [5.41, 5.74) is 1.45. The third kappa shape index (κ3) is 2.94. The highest BCUT2D eigenvalue weighted by Gasteiger charge is 2.25. The lowest BCUT2D eigenvalue weighted by Gasteiger charge is -2.25. The van der Waals surface area contributed by atoms with E-state index in [0.717, 1.165) is 24.3 Å². The lowest BCUT2D eigenvalue weighted by molar-refractivity contribution is 0.361. The Morgan fingerprint density at radius 1 is 0.750 bits per heavy atom. The molecule has 0 aromatic heterocycles. The number of halogens is 4. The summed E-state index contributed by atoms with van der Waals surface area (Å²) in [7, 11) is 0. The van der Waals surface area contributed by atoms with Gasteiger partial charge in [0.1, 0.15) is 18.1 Å². The molecule has 3 aromatic rings. The first-order chi connectivity index (χ1) is 13.3.